The number of amides is 1. The van der Waals surface area contributed by atoms with Gasteiger partial charge in [0.15, 0.2) is 0 Å². The van der Waals surface area contributed by atoms with Crippen LogP contribution in [0.15, 0.2) is 36.9 Å². The molecule has 3 heterocycles. The summed E-state index contributed by atoms with van der Waals surface area (Å²) in [5, 5.41) is 4.44. The average Bonchev–Trinajstić information content (AvgIpc) is 3.55. The number of halogens is 3. The van der Waals surface area contributed by atoms with Crippen LogP contribution in [-0.2, 0) is 17.3 Å². The fraction of sp³-hybridized carbons (Fsp3) is 0.391. The van der Waals surface area contributed by atoms with Crippen LogP contribution in [-0.4, -0.2) is 39.0 Å². The summed E-state index contributed by atoms with van der Waals surface area (Å²) in [6.45, 7) is 1.92. The summed E-state index contributed by atoms with van der Waals surface area (Å²) in [6.07, 6.45) is 3.34. The van der Waals surface area contributed by atoms with E-state index in [0.717, 1.165) is 24.0 Å². The molecule has 1 saturated carbocycles. The number of alkyl halides is 3. The molecule has 0 spiro atoms. The van der Waals surface area contributed by atoms with E-state index in [2.05, 4.69) is 15.1 Å². The second-order valence-corrected chi connectivity index (χ2v) is 8.46. The monoisotopic (exact) mass is 473 g/mol. The van der Waals surface area contributed by atoms with Crippen LogP contribution < -0.4 is 9.64 Å². The van der Waals surface area contributed by atoms with Gasteiger partial charge in [0.2, 0.25) is 0 Å². The number of carbonyl (C=O) groups excluding carboxylic acids is 1. The highest BCUT2D eigenvalue weighted by atomic mass is 19.4. The number of ether oxygens (including phenoxy) is 2. The third-order valence-electron chi connectivity index (χ3n) is 6.10. The van der Waals surface area contributed by atoms with Crippen molar-refractivity contribution in [3.63, 3.8) is 0 Å². The predicted octanol–water partition coefficient (Wildman–Crippen LogP) is 5.39. The van der Waals surface area contributed by atoms with E-state index in [4.69, 9.17) is 9.47 Å². The lowest BCUT2D eigenvalue weighted by atomic mass is 9.92. The first-order chi connectivity index (χ1) is 16.3. The SMILES string of the molecule is COC(=O)N1c2ccc(-c3cnn(C4CC4)c3)c(Oc3ncc(C(F)(F)F)cn3)c2CCC1C. The van der Waals surface area contributed by atoms with Gasteiger partial charge in [-0.25, -0.2) is 14.8 Å². The van der Waals surface area contributed by atoms with Crippen molar-refractivity contribution in [2.75, 3.05) is 12.0 Å². The number of rotatable bonds is 4. The molecule has 11 heteroatoms. The van der Waals surface area contributed by atoms with Crippen molar-refractivity contribution in [3.8, 4) is 22.9 Å². The number of methoxy groups -OCH3 is 1. The minimum atomic E-state index is -4.55. The first-order valence-corrected chi connectivity index (χ1v) is 10.9. The Morgan fingerprint density at radius 2 is 1.85 bits per heavy atom. The molecule has 8 nitrogen and oxygen atoms in total. The highest BCUT2D eigenvalue weighted by Gasteiger charge is 2.34. The number of hydrogen-bond acceptors (Lipinski definition) is 6. The van der Waals surface area contributed by atoms with Crippen LogP contribution >= 0.6 is 0 Å². The van der Waals surface area contributed by atoms with E-state index in [1.54, 1.807) is 17.2 Å². The number of nitrogens with zero attached hydrogens (tertiary/aromatic N) is 5. The fourth-order valence-corrected chi connectivity index (χ4v) is 4.15. The minimum Gasteiger partial charge on any atom is -0.452 e. The Kier molecular flexibility index (Phi) is 5.41. The largest absolute Gasteiger partial charge is 0.452 e. The zero-order valence-electron chi connectivity index (χ0n) is 18.5. The lowest BCUT2D eigenvalue weighted by Gasteiger charge is -2.35. The van der Waals surface area contributed by atoms with Crippen molar-refractivity contribution in [1.82, 2.24) is 19.7 Å². The number of fused-ring (bicyclic) bond motifs is 1. The Labute approximate surface area is 193 Å². The van der Waals surface area contributed by atoms with Gasteiger partial charge >= 0.3 is 18.3 Å². The molecule has 3 aromatic rings. The molecule has 0 saturated heterocycles. The van der Waals surface area contributed by atoms with Crippen LogP contribution in [0.4, 0.5) is 23.7 Å². The fourth-order valence-electron chi connectivity index (χ4n) is 4.15. The quantitative estimate of drug-likeness (QED) is 0.505. The molecule has 2 aliphatic rings. The summed E-state index contributed by atoms with van der Waals surface area (Å²) in [4.78, 5) is 21.6. The van der Waals surface area contributed by atoms with Crippen molar-refractivity contribution >= 4 is 11.8 Å². The summed E-state index contributed by atoms with van der Waals surface area (Å²) in [6, 6.07) is 3.69. The molecule has 1 aromatic carbocycles. The van der Waals surface area contributed by atoms with Gasteiger partial charge in [-0.1, -0.05) is 0 Å². The van der Waals surface area contributed by atoms with E-state index >= 15 is 0 Å². The molecule has 1 unspecified atom stereocenters. The topological polar surface area (TPSA) is 82.4 Å². The summed E-state index contributed by atoms with van der Waals surface area (Å²) < 4.78 is 51.7. The van der Waals surface area contributed by atoms with Gasteiger partial charge in [-0.15, -0.1) is 0 Å². The lowest BCUT2D eigenvalue weighted by Crippen LogP contribution is -2.42. The van der Waals surface area contributed by atoms with Crippen molar-refractivity contribution < 1.29 is 27.4 Å². The Morgan fingerprint density at radius 1 is 1.12 bits per heavy atom. The molecule has 5 rings (SSSR count). The van der Waals surface area contributed by atoms with Crippen LogP contribution in [0.2, 0.25) is 0 Å². The Hall–Kier alpha value is -3.63. The van der Waals surface area contributed by atoms with Gasteiger partial charge in [0.25, 0.3) is 0 Å². The predicted molar refractivity (Wildman–Crippen MR) is 116 cm³/mol. The Morgan fingerprint density at radius 3 is 2.50 bits per heavy atom. The maximum atomic E-state index is 12.9. The van der Waals surface area contributed by atoms with Crippen LogP contribution in [0.25, 0.3) is 11.1 Å². The van der Waals surface area contributed by atoms with Crippen LogP contribution in [0, 0.1) is 0 Å². The van der Waals surface area contributed by atoms with E-state index in [0.29, 0.717) is 48.3 Å². The summed E-state index contributed by atoms with van der Waals surface area (Å²) in [5.41, 5.74) is 1.86. The maximum absolute atomic E-state index is 12.9. The van der Waals surface area contributed by atoms with Crippen LogP contribution in [0.1, 0.15) is 43.4 Å². The lowest BCUT2D eigenvalue weighted by molar-refractivity contribution is -0.138. The molecule has 0 bridgehead atoms. The third-order valence-corrected chi connectivity index (χ3v) is 6.10. The summed E-state index contributed by atoms with van der Waals surface area (Å²) in [7, 11) is 1.32. The molecule has 1 fully saturated rings. The molecule has 2 aromatic heterocycles. The van der Waals surface area contributed by atoms with Crippen molar-refractivity contribution in [3.05, 3.63) is 48.0 Å². The molecule has 1 amide bonds. The number of aromatic nitrogens is 4. The van der Waals surface area contributed by atoms with Crippen molar-refractivity contribution in [2.24, 2.45) is 0 Å². The van der Waals surface area contributed by atoms with Gasteiger partial charge in [-0.2, -0.15) is 18.3 Å². The van der Waals surface area contributed by atoms with E-state index in [9.17, 15) is 18.0 Å². The molecule has 1 aliphatic heterocycles. The third kappa shape index (κ3) is 4.06. The first-order valence-electron chi connectivity index (χ1n) is 10.9. The van der Waals surface area contributed by atoms with Crippen LogP contribution in [0.3, 0.4) is 0 Å². The van der Waals surface area contributed by atoms with Gasteiger partial charge < -0.3 is 9.47 Å². The van der Waals surface area contributed by atoms with Gasteiger partial charge in [-0.3, -0.25) is 9.58 Å². The minimum absolute atomic E-state index is 0.0985. The van der Waals surface area contributed by atoms with E-state index in [1.807, 2.05) is 23.9 Å². The smallest absolute Gasteiger partial charge is 0.419 e. The number of anilines is 1. The summed E-state index contributed by atoms with van der Waals surface area (Å²) >= 11 is 0. The average molecular weight is 473 g/mol. The van der Waals surface area contributed by atoms with Crippen molar-refractivity contribution in [2.45, 2.75) is 50.9 Å². The van der Waals surface area contributed by atoms with E-state index < -0.39 is 17.8 Å². The highest BCUT2D eigenvalue weighted by Crippen LogP contribution is 2.45. The Bertz CT molecular complexity index is 1220. The van der Waals surface area contributed by atoms with Gasteiger partial charge in [0.05, 0.1) is 30.6 Å². The molecule has 1 aliphatic carbocycles. The maximum Gasteiger partial charge on any atom is 0.419 e. The van der Waals surface area contributed by atoms with Crippen molar-refractivity contribution in [1.29, 1.82) is 0 Å². The molecule has 1 atom stereocenters. The molecule has 0 N–H and O–H groups in total. The normalized spacial score (nSPS) is 17.9. The second kappa shape index (κ2) is 8.30. The van der Waals surface area contributed by atoms with Gasteiger partial charge in [0, 0.05) is 41.3 Å². The molecule has 34 heavy (non-hydrogen) atoms. The van der Waals surface area contributed by atoms with Crippen LogP contribution in [0.5, 0.6) is 11.8 Å². The Balaban J connectivity index is 1.60. The number of carbonyl (C=O) groups is 1. The second-order valence-electron chi connectivity index (χ2n) is 8.46. The zero-order valence-corrected chi connectivity index (χ0v) is 18.5. The molecular formula is C23H22F3N5O3. The van der Waals surface area contributed by atoms with Gasteiger partial charge in [-0.05, 0) is 44.7 Å². The van der Waals surface area contributed by atoms with E-state index in [1.165, 1.54) is 7.11 Å². The molecular weight excluding hydrogens is 451 g/mol. The first kappa shape index (κ1) is 22.2. The molecule has 0 radical (unpaired) electrons. The standard InChI is InChI=1S/C23H22F3N5O3/c1-13-3-6-18-19(31(13)22(32)33-2)8-7-17(14-9-29-30(12-14)16-4-5-16)20(18)34-21-27-10-15(11-28-21)23(24,25)26/h7-13,16H,3-6H2,1-2H3. The van der Waals surface area contributed by atoms with E-state index in [-0.39, 0.29) is 12.1 Å². The zero-order chi connectivity index (χ0) is 24.0. The highest BCUT2D eigenvalue weighted by molar-refractivity contribution is 5.92. The number of hydrogen-bond donors (Lipinski definition) is 0. The molecule has 178 valence electrons. The van der Waals surface area contributed by atoms with Gasteiger partial charge in [0.1, 0.15) is 5.75 Å². The number of benzene rings is 1. The summed E-state index contributed by atoms with van der Waals surface area (Å²) in [5.74, 6) is 0.383.